The quantitative estimate of drug-likeness (QED) is 0.596. The Morgan fingerprint density at radius 1 is 1.42 bits per heavy atom. The zero-order valence-electron chi connectivity index (χ0n) is 7.36. The van der Waals surface area contributed by atoms with E-state index in [0.717, 1.165) is 13.1 Å². The van der Waals surface area contributed by atoms with E-state index in [2.05, 4.69) is 5.01 Å². The molecular formula is C7H15N2O2S-. The van der Waals surface area contributed by atoms with Gasteiger partial charge in [0.2, 0.25) is 0 Å². The first-order valence-electron chi connectivity index (χ1n) is 4.22. The Morgan fingerprint density at radius 2 is 2.00 bits per heavy atom. The van der Waals surface area contributed by atoms with Gasteiger partial charge in [-0.15, -0.1) is 0 Å². The van der Waals surface area contributed by atoms with Crippen LogP contribution >= 0.6 is 0 Å². The van der Waals surface area contributed by atoms with Crippen molar-refractivity contribution in [3.63, 3.8) is 0 Å². The van der Waals surface area contributed by atoms with E-state index >= 15 is 0 Å². The average Bonchev–Trinajstić information content (AvgIpc) is 2.05. The van der Waals surface area contributed by atoms with E-state index in [1.165, 1.54) is 19.3 Å². The maximum atomic E-state index is 10.4. The van der Waals surface area contributed by atoms with Crippen molar-refractivity contribution < 1.29 is 8.76 Å². The summed E-state index contributed by atoms with van der Waals surface area (Å²) in [5, 5.41) is 3.88. The van der Waals surface area contributed by atoms with Gasteiger partial charge in [0.15, 0.2) is 0 Å². The lowest BCUT2D eigenvalue weighted by atomic mass is 10.2. The van der Waals surface area contributed by atoms with Crippen LogP contribution in [0.4, 0.5) is 0 Å². The Labute approximate surface area is 75.8 Å². The SMILES string of the molecule is CN(CS(=O)[O-])N1CCCCC1. The first-order valence-corrected chi connectivity index (χ1v) is 5.46. The van der Waals surface area contributed by atoms with Crippen LogP contribution in [0.15, 0.2) is 0 Å². The van der Waals surface area contributed by atoms with Gasteiger partial charge in [-0.2, -0.15) is 0 Å². The molecule has 0 aromatic carbocycles. The molecule has 72 valence electrons. The minimum absolute atomic E-state index is 0.111. The van der Waals surface area contributed by atoms with E-state index in [0.29, 0.717) is 0 Å². The van der Waals surface area contributed by atoms with E-state index in [1.54, 1.807) is 5.01 Å². The van der Waals surface area contributed by atoms with Crippen molar-refractivity contribution in [2.24, 2.45) is 0 Å². The normalized spacial score (nSPS) is 22.9. The van der Waals surface area contributed by atoms with Gasteiger partial charge in [-0.1, -0.05) is 6.42 Å². The van der Waals surface area contributed by atoms with Crippen LogP contribution in [0.25, 0.3) is 0 Å². The third kappa shape index (κ3) is 3.18. The fraction of sp³-hybridized carbons (Fsp3) is 1.00. The second-order valence-electron chi connectivity index (χ2n) is 3.10. The van der Waals surface area contributed by atoms with Crippen LogP contribution in [0.3, 0.4) is 0 Å². The van der Waals surface area contributed by atoms with Crippen molar-refractivity contribution in [2.75, 3.05) is 26.0 Å². The molecule has 0 amide bonds. The second-order valence-corrected chi connectivity index (χ2v) is 3.97. The molecule has 0 bridgehead atoms. The molecule has 0 saturated carbocycles. The largest absolute Gasteiger partial charge is 0.771 e. The lowest BCUT2D eigenvalue weighted by molar-refractivity contribution is -0.000583. The van der Waals surface area contributed by atoms with Crippen molar-refractivity contribution in [1.29, 1.82) is 0 Å². The van der Waals surface area contributed by atoms with Gasteiger partial charge in [-0.25, -0.2) is 10.0 Å². The Morgan fingerprint density at radius 3 is 2.50 bits per heavy atom. The summed E-state index contributed by atoms with van der Waals surface area (Å²) < 4.78 is 20.8. The Balaban J connectivity index is 2.29. The van der Waals surface area contributed by atoms with Gasteiger partial charge in [0.1, 0.15) is 0 Å². The van der Waals surface area contributed by atoms with Gasteiger partial charge in [-0.3, -0.25) is 4.21 Å². The molecule has 5 heteroatoms. The second kappa shape index (κ2) is 4.91. The highest BCUT2D eigenvalue weighted by atomic mass is 32.2. The third-order valence-electron chi connectivity index (χ3n) is 2.11. The molecule has 1 rings (SSSR count). The summed E-state index contributed by atoms with van der Waals surface area (Å²) in [5.74, 6) is 0.111. The van der Waals surface area contributed by atoms with E-state index in [1.807, 2.05) is 7.05 Å². The molecule has 1 aliphatic rings. The zero-order chi connectivity index (χ0) is 8.97. The van der Waals surface area contributed by atoms with Crippen LogP contribution in [-0.2, 0) is 11.1 Å². The minimum atomic E-state index is -1.96. The number of hydrogen-bond donors (Lipinski definition) is 0. The van der Waals surface area contributed by atoms with E-state index in [4.69, 9.17) is 0 Å². The topological polar surface area (TPSA) is 46.6 Å². The van der Waals surface area contributed by atoms with E-state index < -0.39 is 11.1 Å². The van der Waals surface area contributed by atoms with Gasteiger partial charge in [0.25, 0.3) is 0 Å². The monoisotopic (exact) mass is 191 g/mol. The Hall–Kier alpha value is 0.0300. The van der Waals surface area contributed by atoms with Crippen molar-refractivity contribution in [3.05, 3.63) is 0 Å². The van der Waals surface area contributed by atoms with Crippen molar-refractivity contribution in [1.82, 2.24) is 10.0 Å². The van der Waals surface area contributed by atoms with E-state index in [-0.39, 0.29) is 5.88 Å². The highest BCUT2D eigenvalue weighted by molar-refractivity contribution is 7.79. The van der Waals surface area contributed by atoms with Gasteiger partial charge in [0.05, 0.1) is 5.88 Å². The standard InChI is InChI=1S/C7H16N2O2S/c1-8(7-12(10)11)9-5-3-2-4-6-9/h2-7H2,1H3,(H,10,11)/p-1. The fourth-order valence-electron chi connectivity index (χ4n) is 1.45. The van der Waals surface area contributed by atoms with Crippen LogP contribution in [0, 0.1) is 0 Å². The molecule has 1 atom stereocenters. The van der Waals surface area contributed by atoms with Crippen molar-refractivity contribution in [3.8, 4) is 0 Å². The molecule has 4 nitrogen and oxygen atoms in total. The number of piperidine rings is 1. The van der Waals surface area contributed by atoms with Crippen LogP contribution in [0.1, 0.15) is 19.3 Å². The molecule has 0 aliphatic carbocycles. The predicted molar refractivity (Wildman–Crippen MR) is 47.0 cm³/mol. The predicted octanol–water partition coefficient (Wildman–Crippen LogP) is 0.156. The van der Waals surface area contributed by atoms with Crippen molar-refractivity contribution in [2.45, 2.75) is 19.3 Å². The van der Waals surface area contributed by atoms with Crippen LogP contribution in [0.2, 0.25) is 0 Å². The highest BCUT2D eigenvalue weighted by Gasteiger charge is 2.13. The number of hydrazine groups is 1. The van der Waals surface area contributed by atoms with Crippen LogP contribution < -0.4 is 0 Å². The zero-order valence-corrected chi connectivity index (χ0v) is 8.18. The molecule has 1 heterocycles. The first-order chi connectivity index (χ1) is 5.70. The molecule has 0 radical (unpaired) electrons. The Bertz CT molecular complexity index is 159. The summed E-state index contributed by atoms with van der Waals surface area (Å²) in [6.07, 6.45) is 3.62. The minimum Gasteiger partial charge on any atom is -0.771 e. The number of nitrogens with zero attached hydrogens (tertiary/aromatic N) is 2. The lowest BCUT2D eigenvalue weighted by Crippen LogP contribution is -2.44. The molecule has 0 aromatic rings. The first kappa shape index (κ1) is 10.1. The van der Waals surface area contributed by atoms with Gasteiger partial charge < -0.3 is 4.55 Å². The average molecular weight is 191 g/mol. The molecule has 0 aromatic heterocycles. The number of rotatable bonds is 3. The maximum Gasteiger partial charge on any atom is 0.0754 e. The van der Waals surface area contributed by atoms with Crippen LogP contribution in [0.5, 0.6) is 0 Å². The van der Waals surface area contributed by atoms with Gasteiger partial charge in [-0.05, 0) is 23.9 Å². The van der Waals surface area contributed by atoms with Gasteiger partial charge >= 0.3 is 0 Å². The molecule has 0 spiro atoms. The van der Waals surface area contributed by atoms with E-state index in [9.17, 15) is 8.76 Å². The fourth-order valence-corrected chi connectivity index (χ4v) is 1.92. The summed E-state index contributed by atoms with van der Waals surface area (Å²) in [6.45, 7) is 1.99. The van der Waals surface area contributed by atoms with Gasteiger partial charge in [0, 0.05) is 20.1 Å². The molecule has 1 unspecified atom stereocenters. The molecule has 1 fully saturated rings. The molecular weight excluding hydrogens is 176 g/mol. The third-order valence-corrected chi connectivity index (χ3v) is 2.69. The number of hydrogen-bond acceptors (Lipinski definition) is 4. The summed E-state index contributed by atoms with van der Waals surface area (Å²) >= 11 is -1.96. The lowest BCUT2D eigenvalue weighted by Gasteiger charge is -2.35. The smallest absolute Gasteiger partial charge is 0.0754 e. The summed E-state index contributed by atoms with van der Waals surface area (Å²) in [6, 6.07) is 0. The maximum absolute atomic E-state index is 10.4. The summed E-state index contributed by atoms with van der Waals surface area (Å²) in [5.41, 5.74) is 0. The Kier molecular flexibility index (Phi) is 4.14. The molecule has 0 N–H and O–H groups in total. The molecule has 1 aliphatic heterocycles. The summed E-state index contributed by atoms with van der Waals surface area (Å²) in [7, 11) is 1.82. The van der Waals surface area contributed by atoms with Crippen LogP contribution in [-0.4, -0.2) is 44.8 Å². The summed E-state index contributed by atoms with van der Waals surface area (Å²) in [4.78, 5) is 0. The van der Waals surface area contributed by atoms with Crippen molar-refractivity contribution >= 4 is 11.1 Å². The molecule has 1 saturated heterocycles. The highest BCUT2D eigenvalue weighted by Crippen LogP contribution is 2.09. The molecule has 12 heavy (non-hydrogen) atoms.